The van der Waals surface area contributed by atoms with E-state index in [2.05, 4.69) is 5.32 Å². The van der Waals surface area contributed by atoms with E-state index in [4.69, 9.17) is 25.8 Å². The van der Waals surface area contributed by atoms with Crippen molar-refractivity contribution in [2.75, 3.05) is 19.0 Å². The van der Waals surface area contributed by atoms with Crippen LogP contribution in [0.4, 0.5) is 10.5 Å². The number of halogens is 1. The van der Waals surface area contributed by atoms with E-state index < -0.39 is 23.8 Å². The number of anilines is 1. The number of ether oxygens (including phenoxy) is 3. The van der Waals surface area contributed by atoms with E-state index >= 15 is 0 Å². The highest BCUT2D eigenvalue weighted by Crippen LogP contribution is 2.33. The van der Waals surface area contributed by atoms with Crippen LogP contribution < -0.4 is 10.1 Å². The molecule has 4 aromatic rings. The Labute approximate surface area is 285 Å². The summed E-state index contributed by atoms with van der Waals surface area (Å²) in [6.07, 6.45) is 0.463. The maximum atomic E-state index is 13.5. The van der Waals surface area contributed by atoms with Gasteiger partial charge in [-0.15, -0.1) is 0 Å². The van der Waals surface area contributed by atoms with Crippen molar-refractivity contribution in [1.29, 1.82) is 0 Å². The van der Waals surface area contributed by atoms with Gasteiger partial charge in [-0.3, -0.25) is 4.79 Å². The van der Waals surface area contributed by atoms with Gasteiger partial charge in [-0.05, 0) is 111 Å². The molecule has 0 aromatic heterocycles. The molecule has 0 fully saturated rings. The van der Waals surface area contributed by atoms with Gasteiger partial charge in [0.25, 0.3) is 5.91 Å². The Bertz CT molecular complexity index is 1790. The molecule has 5 rings (SSSR count). The number of methoxy groups -OCH3 is 1. The number of rotatable bonds is 9. The average molecular weight is 671 g/mol. The maximum Gasteiger partial charge on any atom is 0.410 e. The zero-order chi connectivity index (χ0) is 34.4. The van der Waals surface area contributed by atoms with Gasteiger partial charge in [0, 0.05) is 16.6 Å². The molecule has 1 aliphatic carbocycles. The summed E-state index contributed by atoms with van der Waals surface area (Å²) in [6, 6.07) is 26.0. The highest BCUT2D eigenvalue weighted by atomic mass is 35.5. The van der Waals surface area contributed by atoms with E-state index in [0.29, 0.717) is 46.2 Å². The summed E-state index contributed by atoms with van der Waals surface area (Å²) in [4.78, 5) is 40.5. The van der Waals surface area contributed by atoms with Gasteiger partial charge in [0.2, 0.25) is 0 Å². The zero-order valence-electron chi connectivity index (χ0n) is 27.4. The molecule has 10 heteroatoms. The van der Waals surface area contributed by atoms with Gasteiger partial charge in [-0.2, -0.15) is 0 Å². The number of hydrogen-bond donors (Lipinski definition) is 2. The summed E-state index contributed by atoms with van der Waals surface area (Å²) >= 11 is 6.17. The first-order chi connectivity index (χ1) is 22.9. The number of fused-ring (bicyclic) bond motifs is 1. The Morgan fingerprint density at radius 1 is 0.938 bits per heavy atom. The first kappa shape index (κ1) is 34.5. The minimum atomic E-state index is -0.961. The number of carbonyl (C=O) groups is 3. The third-order valence-corrected chi connectivity index (χ3v) is 8.20. The van der Waals surface area contributed by atoms with Gasteiger partial charge in [0.05, 0.1) is 31.0 Å². The Morgan fingerprint density at radius 3 is 2.38 bits per heavy atom. The fourth-order valence-corrected chi connectivity index (χ4v) is 5.84. The molecule has 0 saturated heterocycles. The van der Waals surface area contributed by atoms with E-state index in [1.54, 1.807) is 65.6 Å². The van der Waals surface area contributed by atoms with Crippen molar-refractivity contribution in [3.63, 3.8) is 0 Å². The van der Waals surface area contributed by atoms with Crippen LogP contribution in [0, 0.1) is 0 Å². The molecule has 4 aromatic carbocycles. The summed E-state index contributed by atoms with van der Waals surface area (Å²) < 4.78 is 16.9. The van der Waals surface area contributed by atoms with Crippen molar-refractivity contribution in [1.82, 2.24) is 4.90 Å². The molecule has 0 unspecified atom stereocenters. The van der Waals surface area contributed by atoms with E-state index in [-0.39, 0.29) is 24.1 Å². The lowest BCUT2D eigenvalue weighted by atomic mass is 9.87. The summed E-state index contributed by atoms with van der Waals surface area (Å²) in [5.41, 5.74) is 2.90. The average Bonchev–Trinajstić information content (AvgIpc) is 3.06. The van der Waals surface area contributed by atoms with Crippen LogP contribution in [0.25, 0.3) is 0 Å². The lowest BCUT2D eigenvalue weighted by Gasteiger charge is -2.37. The number of esters is 1. The predicted molar refractivity (Wildman–Crippen MR) is 184 cm³/mol. The van der Waals surface area contributed by atoms with E-state index in [1.165, 1.54) is 13.2 Å². The first-order valence-corrected chi connectivity index (χ1v) is 16.1. The molecule has 2 N–H and O–H groups in total. The van der Waals surface area contributed by atoms with Gasteiger partial charge in [0.15, 0.2) is 0 Å². The number of nitrogens with one attached hydrogen (secondary N) is 1. The van der Waals surface area contributed by atoms with Crippen LogP contribution >= 0.6 is 11.6 Å². The maximum absolute atomic E-state index is 13.5. The van der Waals surface area contributed by atoms with Crippen LogP contribution in [0.3, 0.4) is 0 Å². The van der Waals surface area contributed by atoms with Gasteiger partial charge < -0.3 is 29.5 Å². The third kappa shape index (κ3) is 8.73. The van der Waals surface area contributed by atoms with Crippen LogP contribution in [0.15, 0.2) is 91.0 Å². The van der Waals surface area contributed by atoms with Crippen molar-refractivity contribution >= 4 is 35.3 Å². The lowest BCUT2D eigenvalue weighted by Crippen LogP contribution is -2.47. The minimum absolute atomic E-state index is 0.0366. The Balaban J connectivity index is 1.35. The number of aryl methyl sites for hydroxylation is 1. The summed E-state index contributed by atoms with van der Waals surface area (Å²) in [5, 5.41) is 14.4. The number of carbonyl (C=O) groups excluding carboxylic acids is 3. The molecular weight excluding hydrogens is 632 g/mol. The molecule has 1 aliphatic rings. The third-order valence-electron chi connectivity index (χ3n) is 7.97. The molecule has 250 valence electrons. The van der Waals surface area contributed by atoms with E-state index in [9.17, 15) is 19.5 Å². The second-order valence-corrected chi connectivity index (χ2v) is 13.1. The number of aliphatic hydroxyl groups is 1. The topological polar surface area (TPSA) is 114 Å². The minimum Gasteiger partial charge on any atom is -0.465 e. The summed E-state index contributed by atoms with van der Waals surface area (Å²) in [6.45, 7) is 5.47. The molecule has 0 spiro atoms. The normalized spacial score (nSPS) is 14.7. The summed E-state index contributed by atoms with van der Waals surface area (Å²) in [7, 11) is 1.27. The Kier molecular flexibility index (Phi) is 10.7. The van der Waals surface area contributed by atoms with Crippen molar-refractivity contribution in [3.05, 3.63) is 124 Å². The molecule has 0 saturated carbocycles. The van der Waals surface area contributed by atoms with E-state index in [0.717, 1.165) is 17.5 Å². The Hall–Kier alpha value is -4.86. The van der Waals surface area contributed by atoms with Crippen LogP contribution in [-0.2, 0) is 22.3 Å². The van der Waals surface area contributed by atoms with Crippen LogP contribution in [0.5, 0.6) is 11.5 Å². The highest BCUT2D eigenvalue weighted by Gasteiger charge is 2.33. The molecular formula is C38H39ClN2O7. The zero-order valence-corrected chi connectivity index (χ0v) is 28.1. The van der Waals surface area contributed by atoms with Crippen molar-refractivity contribution in [3.8, 4) is 11.5 Å². The van der Waals surface area contributed by atoms with Crippen molar-refractivity contribution < 1.29 is 33.7 Å². The van der Waals surface area contributed by atoms with Gasteiger partial charge >= 0.3 is 12.1 Å². The number of aliphatic hydroxyl groups excluding tert-OH is 1. The SMILES string of the molecule is COC(=O)c1cc(Oc2ccc3c(c2)C[C@@H](N(C[C@@H](O)c2cccc(Cl)c2)C(=O)OC(C)(C)C)CC3)ccc1NC(=O)c1ccccc1. The van der Waals surface area contributed by atoms with Crippen LogP contribution in [0.1, 0.15) is 70.7 Å². The second kappa shape index (κ2) is 14.9. The van der Waals surface area contributed by atoms with Crippen molar-refractivity contribution in [2.45, 2.75) is 57.8 Å². The summed E-state index contributed by atoms with van der Waals surface area (Å²) in [5.74, 6) is -0.0759. The molecule has 2 amide bonds. The highest BCUT2D eigenvalue weighted by molar-refractivity contribution is 6.30. The molecule has 48 heavy (non-hydrogen) atoms. The number of benzene rings is 4. The fourth-order valence-electron chi connectivity index (χ4n) is 5.64. The van der Waals surface area contributed by atoms with Gasteiger partial charge in [0.1, 0.15) is 17.1 Å². The number of hydrogen-bond acceptors (Lipinski definition) is 7. The number of nitrogens with zero attached hydrogens (tertiary/aromatic N) is 1. The molecule has 0 heterocycles. The fraction of sp³-hybridized carbons (Fsp3) is 0.289. The molecule has 9 nitrogen and oxygen atoms in total. The largest absolute Gasteiger partial charge is 0.465 e. The Morgan fingerprint density at radius 2 is 1.67 bits per heavy atom. The molecule has 0 bridgehead atoms. The van der Waals surface area contributed by atoms with Crippen molar-refractivity contribution in [2.24, 2.45) is 0 Å². The number of amides is 2. The van der Waals surface area contributed by atoms with Gasteiger partial charge in [-0.1, -0.05) is 48.0 Å². The van der Waals surface area contributed by atoms with Crippen LogP contribution in [-0.4, -0.2) is 53.3 Å². The molecule has 2 atom stereocenters. The monoisotopic (exact) mass is 670 g/mol. The quantitative estimate of drug-likeness (QED) is 0.173. The standard InChI is InChI=1S/C38H39ClN2O7/c1-38(2,3)48-37(45)41(23-34(42)26-11-8-12-28(39)19-26)29-15-13-24-14-16-30(21-27(24)20-29)47-31-17-18-33(32(22-31)36(44)46-4)40-35(43)25-9-6-5-7-10-25/h5-12,14,16-19,21-22,29,34,42H,13,15,20,23H2,1-4H3,(H,40,43)/t29-,34+/m0/s1. The van der Waals surface area contributed by atoms with E-state index in [1.807, 2.05) is 45.0 Å². The van der Waals surface area contributed by atoms with Gasteiger partial charge in [-0.25, -0.2) is 9.59 Å². The second-order valence-electron chi connectivity index (χ2n) is 12.7. The first-order valence-electron chi connectivity index (χ1n) is 15.7. The molecule has 0 radical (unpaired) electrons. The van der Waals surface area contributed by atoms with Crippen LogP contribution in [0.2, 0.25) is 5.02 Å². The lowest BCUT2D eigenvalue weighted by molar-refractivity contribution is 0.00194. The molecule has 0 aliphatic heterocycles. The smallest absolute Gasteiger partial charge is 0.410 e. The predicted octanol–water partition coefficient (Wildman–Crippen LogP) is 8.00.